The molecule has 196 valence electrons. The second-order valence-corrected chi connectivity index (χ2v) is 11.3. The molecule has 0 unspecified atom stereocenters. The molecule has 1 saturated heterocycles. The fraction of sp³-hybridized carbons (Fsp3) is 0.333. The summed E-state index contributed by atoms with van der Waals surface area (Å²) >= 11 is 12.7. The van der Waals surface area contributed by atoms with Gasteiger partial charge in [-0.15, -0.1) is 0 Å². The van der Waals surface area contributed by atoms with Crippen molar-refractivity contribution < 1.29 is 18.7 Å². The number of amides is 2. The van der Waals surface area contributed by atoms with E-state index in [9.17, 15) is 14.0 Å². The van der Waals surface area contributed by atoms with E-state index in [1.165, 1.54) is 18.6 Å². The van der Waals surface area contributed by atoms with Crippen molar-refractivity contribution in [2.75, 3.05) is 5.32 Å². The summed E-state index contributed by atoms with van der Waals surface area (Å²) in [4.78, 5) is 27.5. The predicted octanol–water partition coefficient (Wildman–Crippen LogP) is 7.08. The summed E-state index contributed by atoms with van der Waals surface area (Å²) in [6, 6.07) is 15.9. The van der Waals surface area contributed by atoms with E-state index in [-0.39, 0.29) is 24.3 Å². The van der Waals surface area contributed by atoms with E-state index in [1.807, 2.05) is 18.2 Å². The van der Waals surface area contributed by atoms with Crippen molar-refractivity contribution in [3.8, 4) is 5.75 Å². The molecular weight excluding hydrogens is 526 g/mol. The molecule has 38 heavy (non-hydrogen) atoms. The number of hydrogen-bond donors (Lipinski definition) is 2. The van der Waals surface area contributed by atoms with Gasteiger partial charge in [-0.1, -0.05) is 47.8 Å². The van der Waals surface area contributed by atoms with Gasteiger partial charge in [0.15, 0.2) is 0 Å². The monoisotopic (exact) mass is 552 g/mol. The first-order valence-corrected chi connectivity index (χ1v) is 13.7. The van der Waals surface area contributed by atoms with Crippen molar-refractivity contribution in [2.24, 2.45) is 0 Å². The minimum atomic E-state index is -1.29. The lowest BCUT2D eigenvalue weighted by molar-refractivity contribution is -0.131. The normalized spacial score (nSPS) is 25.1. The minimum Gasteiger partial charge on any atom is -0.490 e. The van der Waals surface area contributed by atoms with Crippen LogP contribution in [0.2, 0.25) is 10.0 Å². The van der Waals surface area contributed by atoms with Gasteiger partial charge >= 0.3 is 0 Å². The Hall–Kier alpha value is -3.09. The molecule has 0 aromatic heterocycles. The van der Waals surface area contributed by atoms with E-state index in [0.29, 0.717) is 32.6 Å². The average Bonchev–Trinajstić information content (AvgIpc) is 3.18. The van der Waals surface area contributed by atoms with Crippen LogP contribution in [0.1, 0.15) is 67.2 Å². The Morgan fingerprint density at radius 2 is 1.71 bits per heavy atom. The summed E-state index contributed by atoms with van der Waals surface area (Å²) in [6.45, 7) is 0. The van der Waals surface area contributed by atoms with E-state index in [2.05, 4.69) is 10.6 Å². The van der Waals surface area contributed by atoms with Gasteiger partial charge in [0.05, 0.1) is 12.1 Å². The molecule has 8 heteroatoms. The number of carbonyl (C=O) groups excluding carboxylic acids is 2. The predicted molar refractivity (Wildman–Crippen MR) is 145 cm³/mol. The van der Waals surface area contributed by atoms with E-state index in [4.69, 9.17) is 27.9 Å². The van der Waals surface area contributed by atoms with Crippen molar-refractivity contribution in [1.29, 1.82) is 0 Å². The first-order chi connectivity index (χ1) is 18.4. The number of halogens is 3. The maximum absolute atomic E-state index is 14.9. The van der Waals surface area contributed by atoms with Crippen LogP contribution >= 0.6 is 23.2 Å². The topological polar surface area (TPSA) is 67.4 Å². The van der Waals surface area contributed by atoms with Crippen LogP contribution in [-0.4, -0.2) is 17.9 Å². The Kier molecular flexibility index (Phi) is 6.57. The van der Waals surface area contributed by atoms with Crippen LogP contribution in [0.25, 0.3) is 0 Å². The van der Waals surface area contributed by atoms with Crippen molar-refractivity contribution in [1.82, 2.24) is 5.32 Å². The lowest BCUT2D eigenvalue weighted by Crippen LogP contribution is -2.57. The maximum Gasteiger partial charge on any atom is 0.238 e. The molecule has 6 rings (SSSR count). The average molecular weight is 553 g/mol. The van der Waals surface area contributed by atoms with Gasteiger partial charge in [0.25, 0.3) is 0 Å². The van der Waals surface area contributed by atoms with Crippen LogP contribution in [0.15, 0.2) is 60.7 Å². The van der Waals surface area contributed by atoms with E-state index in [0.717, 1.165) is 31.2 Å². The van der Waals surface area contributed by atoms with Gasteiger partial charge in [0.1, 0.15) is 17.0 Å². The van der Waals surface area contributed by atoms with Gasteiger partial charge in [-0.05, 0) is 79.3 Å². The molecule has 2 N–H and O–H groups in total. The zero-order valence-corrected chi connectivity index (χ0v) is 22.1. The Labute approximate surface area is 230 Å². The van der Waals surface area contributed by atoms with Crippen LogP contribution in [0, 0.1) is 5.82 Å². The number of benzene rings is 3. The molecule has 2 heterocycles. The summed E-state index contributed by atoms with van der Waals surface area (Å²) in [5.74, 6) is -1.11. The SMILES string of the molecule is O=C1C[C@@H](c2cccc(Cl)c2)[C@]2(C(=O)Nc3cc(Cl)ccc32)[C@@H](c2cc(F)ccc2OC2CCCCC2)N1. The maximum atomic E-state index is 14.9. The first kappa shape index (κ1) is 25.2. The fourth-order valence-electron chi connectivity index (χ4n) is 6.48. The second-order valence-electron chi connectivity index (χ2n) is 10.4. The quantitative estimate of drug-likeness (QED) is 0.363. The summed E-state index contributed by atoms with van der Waals surface area (Å²) in [5, 5.41) is 7.04. The zero-order valence-electron chi connectivity index (χ0n) is 20.6. The van der Waals surface area contributed by atoms with Gasteiger partial charge < -0.3 is 15.4 Å². The van der Waals surface area contributed by atoms with Crippen molar-refractivity contribution in [3.05, 3.63) is 93.2 Å². The fourth-order valence-corrected chi connectivity index (χ4v) is 6.86. The van der Waals surface area contributed by atoms with Gasteiger partial charge in [0.2, 0.25) is 11.8 Å². The van der Waals surface area contributed by atoms with Crippen LogP contribution < -0.4 is 15.4 Å². The Morgan fingerprint density at radius 3 is 2.50 bits per heavy atom. The third-order valence-electron chi connectivity index (χ3n) is 8.13. The van der Waals surface area contributed by atoms with Crippen LogP contribution in [-0.2, 0) is 15.0 Å². The highest BCUT2D eigenvalue weighted by Gasteiger charge is 2.61. The molecule has 0 bridgehead atoms. The summed E-state index contributed by atoms with van der Waals surface area (Å²) in [7, 11) is 0. The highest BCUT2D eigenvalue weighted by Crippen LogP contribution is 2.58. The number of fused-ring (bicyclic) bond motifs is 2. The molecule has 2 fully saturated rings. The smallest absolute Gasteiger partial charge is 0.238 e. The standard InChI is InChI=1S/C30H27Cl2FN2O3/c31-18-6-4-5-17(13-18)24-16-27(36)35-28(30(24)23-11-9-19(32)14-25(23)34-29(30)37)22-15-20(33)10-12-26(22)38-21-7-2-1-3-8-21/h4-6,9-15,21,24,28H,1-3,7-8,16H2,(H,34,37)(H,35,36)/t24-,28+,30-/m0/s1. The number of rotatable bonds is 4. The van der Waals surface area contributed by atoms with Gasteiger partial charge in [-0.3, -0.25) is 9.59 Å². The van der Waals surface area contributed by atoms with Crippen LogP contribution in [0.4, 0.5) is 10.1 Å². The van der Waals surface area contributed by atoms with Gasteiger partial charge in [-0.2, -0.15) is 0 Å². The number of ether oxygens (including phenoxy) is 1. The first-order valence-electron chi connectivity index (χ1n) is 13.0. The lowest BCUT2D eigenvalue weighted by Gasteiger charge is -2.46. The number of carbonyl (C=O) groups is 2. The zero-order chi connectivity index (χ0) is 26.4. The number of hydrogen-bond acceptors (Lipinski definition) is 3. The molecule has 3 aromatic carbocycles. The molecule has 1 aliphatic carbocycles. The summed E-state index contributed by atoms with van der Waals surface area (Å²) in [5.41, 5.74) is 1.16. The summed E-state index contributed by atoms with van der Waals surface area (Å²) < 4.78 is 21.3. The van der Waals surface area contributed by atoms with E-state index < -0.39 is 23.2 Å². The Morgan fingerprint density at radius 1 is 0.921 bits per heavy atom. The van der Waals surface area contributed by atoms with Crippen LogP contribution in [0.5, 0.6) is 5.75 Å². The molecule has 2 amide bonds. The van der Waals surface area contributed by atoms with Gasteiger partial charge in [-0.25, -0.2) is 4.39 Å². The molecule has 5 nitrogen and oxygen atoms in total. The molecule has 1 spiro atoms. The third-order valence-corrected chi connectivity index (χ3v) is 8.60. The van der Waals surface area contributed by atoms with E-state index >= 15 is 0 Å². The minimum absolute atomic E-state index is 0.00423. The molecule has 3 aromatic rings. The van der Waals surface area contributed by atoms with Gasteiger partial charge in [0, 0.05) is 33.6 Å². The third kappa shape index (κ3) is 4.24. The lowest BCUT2D eigenvalue weighted by atomic mass is 9.59. The van der Waals surface area contributed by atoms with Crippen molar-refractivity contribution in [3.63, 3.8) is 0 Å². The molecule has 3 aliphatic rings. The Bertz CT molecular complexity index is 1420. The number of piperidine rings is 1. The summed E-state index contributed by atoms with van der Waals surface area (Å²) in [6.07, 6.45) is 5.17. The van der Waals surface area contributed by atoms with Crippen molar-refractivity contribution in [2.45, 2.75) is 62.0 Å². The molecular formula is C30H27Cl2FN2O3. The van der Waals surface area contributed by atoms with Crippen molar-refractivity contribution >= 4 is 40.7 Å². The van der Waals surface area contributed by atoms with E-state index in [1.54, 1.807) is 30.3 Å². The van der Waals surface area contributed by atoms with Crippen LogP contribution in [0.3, 0.4) is 0 Å². The highest BCUT2D eigenvalue weighted by atomic mass is 35.5. The molecule has 2 aliphatic heterocycles. The molecule has 0 radical (unpaired) electrons. The largest absolute Gasteiger partial charge is 0.490 e. The molecule has 1 saturated carbocycles. The molecule has 3 atom stereocenters. The number of nitrogens with one attached hydrogen (secondary N) is 2. The highest BCUT2D eigenvalue weighted by molar-refractivity contribution is 6.31. The number of anilines is 1. The Balaban J connectivity index is 1.57. The second kappa shape index (κ2) is 9.90.